The number of halogens is 4. The molecule has 2 aromatic carbocycles. The minimum absolute atomic E-state index is 0.0607. The maximum atomic E-state index is 14.5. The highest BCUT2D eigenvalue weighted by Gasteiger charge is 2.38. The summed E-state index contributed by atoms with van der Waals surface area (Å²) in [5, 5.41) is 8.92. The van der Waals surface area contributed by atoms with Crippen molar-refractivity contribution in [2.45, 2.75) is 31.7 Å². The molecule has 9 heteroatoms. The first kappa shape index (κ1) is 24.7. The first-order valence-electron chi connectivity index (χ1n) is 11.8. The first-order valence-corrected chi connectivity index (χ1v) is 11.8. The fraction of sp³-hybridized carbons (Fsp3) is 0.214. The molecule has 0 amide bonds. The van der Waals surface area contributed by atoms with Crippen molar-refractivity contribution in [3.8, 4) is 0 Å². The number of alkyl halides is 4. The second-order valence-electron chi connectivity index (χ2n) is 9.06. The van der Waals surface area contributed by atoms with E-state index >= 15 is 0 Å². The summed E-state index contributed by atoms with van der Waals surface area (Å²) in [5.41, 5.74) is 8.45. The molecule has 0 radical (unpaired) electrons. The Morgan fingerprint density at radius 1 is 1.05 bits per heavy atom. The van der Waals surface area contributed by atoms with E-state index in [1.54, 1.807) is 42.5 Å². The quantitative estimate of drug-likeness (QED) is 0.192. The average Bonchev–Trinajstić information content (AvgIpc) is 3.21. The molecular formula is C28H23F4N3O2. The van der Waals surface area contributed by atoms with Crippen molar-refractivity contribution in [1.82, 2.24) is 10.4 Å². The fourth-order valence-corrected chi connectivity index (χ4v) is 4.78. The molecule has 1 aliphatic heterocycles. The molecule has 5 rings (SSSR count). The van der Waals surface area contributed by atoms with E-state index in [1.165, 1.54) is 18.3 Å². The van der Waals surface area contributed by atoms with Crippen LogP contribution < -0.4 is 10.9 Å². The van der Waals surface area contributed by atoms with Crippen molar-refractivity contribution in [1.29, 1.82) is 0 Å². The van der Waals surface area contributed by atoms with Crippen LogP contribution in [-0.2, 0) is 11.0 Å². The van der Waals surface area contributed by atoms with E-state index in [9.17, 15) is 22.4 Å². The van der Waals surface area contributed by atoms with Crippen molar-refractivity contribution < 1.29 is 27.5 Å². The average molecular weight is 510 g/mol. The van der Waals surface area contributed by atoms with E-state index in [2.05, 4.69) is 15.8 Å². The number of aromatic nitrogens is 1. The number of hydrazine groups is 1. The molecule has 5 nitrogen and oxygen atoms in total. The summed E-state index contributed by atoms with van der Waals surface area (Å²) in [6.45, 7) is 0. The normalized spacial score (nSPS) is 18.2. The Labute approximate surface area is 210 Å². The monoisotopic (exact) mass is 509 g/mol. The highest BCUT2D eigenvalue weighted by Crippen LogP contribution is 2.48. The van der Waals surface area contributed by atoms with Gasteiger partial charge in [-0.2, -0.15) is 13.2 Å². The molecule has 0 saturated heterocycles. The van der Waals surface area contributed by atoms with Gasteiger partial charge in [-0.15, -0.1) is 0 Å². The second kappa shape index (κ2) is 9.82. The van der Waals surface area contributed by atoms with Crippen LogP contribution in [0.2, 0.25) is 0 Å². The van der Waals surface area contributed by atoms with Crippen molar-refractivity contribution in [2.75, 3.05) is 5.43 Å². The Hall–Kier alpha value is -3.98. The number of hydrogen-bond acceptors (Lipinski definition) is 4. The number of carbonyl (C=O) groups is 1. The molecule has 1 fully saturated rings. The topological polar surface area (TPSA) is 74.2 Å². The summed E-state index contributed by atoms with van der Waals surface area (Å²) in [4.78, 5) is 14.6. The number of nitrogens with one attached hydrogen (secondary N) is 2. The van der Waals surface area contributed by atoms with Crippen LogP contribution >= 0.6 is 0 Å². The Morgan fingerprint density at radius 2 is 1.78 bits per heavy atom. The first-order chi connectivity index (χ1) is 17.7. The standard InChI is InChI=1S/C28H23F4N3O2/c29-27-21-14-19(9-10-23(21)34-35-27)25(18-7-4-16(5-8-18)6-11-24(36)37)26(17-2-1-3-17)20-12-13-33-15-22(20)28(30,31)32/h4-15,17,27,34-35H,1-3H2,(H,36,37)/b11-6+,26-25+. The lowest BCUT2D eigenvalue weighted by atomic mass is 9.72. The van der Waals surface area contributed by atoms with E-state index in [0.29, 0.717) is 39.1 Å². The van der Waals surface area contributed by atoms with Gasteiger partial charge in [0.1, 0.15) is 0 Å². The third kappa shape index (κ3) is 4.99. The number of benzene rings is 2. The minimum Gasteiger partial charge on any atom is -0.478 e. The molecule has 0 spiro atoms. The molecule has 37 heavy (non-hydrogen) atoms. The van der Waals surface area contributed by atoms with Gasteiger partial charge in [-0.1, -0.05) is 36.8 Å². The van der Waals surface area contributed by atoms with Crippen molar-refractivity contribution in [3.05, 3.63) is 100 Å². The van der Waals surface area contributed by atoms with Gasteiger partial charge in [0.25, 0.3) is 0 Å². The van der Waals surface area contributed by atoms with E-state index < -0.39 is 24.0 Å². The molecule has 1 unspecified atom stereocenters. The molecule has 190 valence electrons. The molecule has 1 saturated carbocycles. The van der Waals surface area contributed by atoms with Crippen LogP contribution in [0, 0.1) is 5.92 Å². The summed E-state index contributed by atoms with van der Waals surface area (Å²) in [6, 6.07) is 13.4. The maximum Gasteiger partial charge on any atom is 0.418 e. The summed E-state index contributed by atoms with van der Waals surface area (Å²) in [7, 11) is 0. The number of aliphatic carboxylic acids is 1. The van der Waals surface area contributed by atoms with Gasteiger partial charge in [0.2, 0.25) is 0 Å². The molecule has 1 aliphatic carbocycles. The predicted octanol–water partition coefficient (Wildman–Crippen LogP) is 6.86. The highest BCUT2D eigenvalue weighted by molar-refractivity contribution is 6.00. The lowest BCUT2D eigenvalue weighted by Gasteiger charge is -2.32. The van der Waals surface area contributed by atoms with Gasteiger partial charge >= 0.3 is 12.1 Å². The van der Waals surface area contributed by atoms with Crippen molar-refractivity contribution in [2.24, 2.45) is 5.92 Å². The summed E-state index contributed by atoms with van der Waals surface area (Å²) in [6.07, 6.45) is 0.956. The smallest absolute Gasteiger partial charge is 0.418 e. The number of nitrogens with zero attached hydrogens (tertiary/aromatic N) is 1. The van der Waals surface area contributed by atoms with Gasteiger partial charge in [0.15, 0.2) is 6.30 Å². The summed E-state index contributed by atoms with van der Waals surface area (Å²) in [5.74, 6) is -1.20. The Bertz CT molecular complexity index is 1390. The lowest BCUT2D eigenvalue weighted by molar-refractivity contribution is -0.138. The molecule has 2 heterocycles. The van der Waals surface area contributed by atoms with E-state index in [1.807, 2.05) is 0 Å². The Kier molecular flexibility index (Phi) is 6.55. The maximum absolute atomic E-state index is 14.5. The fourth-order valence-electron chi connectivity index (χ4n) is 4.78. The Morgan fingerprint density at radius 3 is 2.43 bits per heavy atom. The third-order valence-corrected chi connectivity index (χ3v) is 6.76. The van der Waals surface area contributed by atoms with Gasteiger partial charge in [-0.3, -0.25) is 4.98 Å². The Balaban J connectivity index is 1.77. The van der Waals surface area contributed by atoms with Crippen LogP contribution in [0.4, 0.5) is 23.2 Å². The van der Waals surface area contributed by atoms with Gasteiger partial charge in [0, 0.05) is 24.0 Å². The van der Waals surface area contributed by atoms with Gasteiger partial charge in [-0.05, 0) is 76.4 Å². The van der Waals surface area contributed by atoms with Crippen molar-refractivity contribution in [3.63, 3.8) is 0 Å². The zero-order valence-electron chi connectivity index (χ0n) is 19.5. The zero-order valence-corrected chi connectivity index (χ0v) is 19.5. The molecule has 3 aromatic rings. The largest absolute Gasteiger partial charge is 0.478 e. The van der Waals surface area contributed by atoms with E-state index in [4.69, 9.17) is 5.11 Å². The number of rotatable bonds is 6. The second-order valence-corrected chi connectivity index (χ2v) is 9.06. The van der Waals surface area contributed by atoms with Crippen LogP contribution in [0.15, 0.2) is 67.0 Å². The predicted molar refractivity (Wildman–Crippen MR) is 133 cm³/mol. The number of pyridine rings is 1. The zero-order chi connectivity index (χ0) is 26.2. The number of anilines is 1. The summed E-state index contributed by atoms with van der Waals surface area (Å²) >= 11 is 0. The van der Waals surface area contributed by atoms with Crippen LogP contribution in [0.25, 0.3) is 17.2 Å². The van der Waals surface area contributed by atoms with E-state index in [0.717, 1.165) is 31.5 Å². The molecule has 1 aromatic heterocycles. The minimum atomic E-state index is -4.61. The van der Waals surface area contributed by atoms with Crippen LogP contribution in [0.3, 0.4) is 0 Å². The highest BCUT2D eigenvalue weighted by atomic mass is 19.4. The molecule has 2 aliphatic rings. The van der Waals surface area contributed by atoms with Crippen molar-refractivity contribution >= 4 is 28.9 Å². The van der Waals surface area contributed by atoms with Gasteiger partial charge in [0.05, 0.1) is 11.3 Å². The number of carboxylic acid groups (broad SMARTS) is 1. The third-order valence-electron chi connectivity index (χ3n) is 6.76. The lowest BCUT2D eigenvalue weighted by Crippen LogP contribution is -2.18. The van der Waals surface area contributed by atoms with Crippen LogP contribution in [0.5, 0.6) is 0 Å². The van der Waals surface area contributed by atoms with Gasteiger partial charge < -0.3 is 10.5 Å². The number of allylic oxidation sites excluding steroid dienone is 1. The molecule has 0 bridgehead atoms. The molecule has 1 atom stereocenters. The van der Waals surface area contributed by atoms with Gasteiger partial charge in [-0.25, -0.2) is 14.6 Å². The number of carboxylic acids is 1. The van der Waals surface area contributed by atoms with E-state index in [-0.39, 0.29) is 11.5 Å². The molecule has 3 N–H and O–H groups in total. The molecular weight excluding hydrogens is 486 g/mol. The van der Waals surface area contributed by atoms with Crippen LogP contribution in [0.1, 0.15) is 58.9 Å². The summed E-state index contributed by atoms with van der Waals surface area (Å²) < 4.78 is 56.9. The van der Waals surface area contributed by atoms with Crippen LogP contribution in [-0.4, -0.2) is 16.1 Å². The number of hydrogen-bond donors (Lipinski definition) is 3. The number of fused-ring (bicyclic) bond motifs is 1. The SMILES string of the molecule is O=C(O)/C=C/c1ccc(/C(=C(\c2ccncc2C(F)(F)F)C2CCC2)c2ccc3c(c2)C(F)NN3)cc1.